The van der Waals surface area contributed by atoms with E-state index in [1.807, 2.05) is 0 Å². The Bertz CT molecular complexity index is 3850. The summed E-state index contributed by atoms with van der Waals surface area (Å²) < 4.78 is 9.96. The van der Waals surface area contributed by atoms with Crippen LogP contribution in [0.4, 0.5) is 0 Å². The Morgan fingerprint density at radius 2 is 0.672 bits per heavy atom. The van der Waals surface area contributed by atoms with Gasteiger partial charge in [-0.15, -0.1) is 0 Å². The fraction of sp³-hybridized carbons (Fsp3) is 0.0667. The molecule has 1 aliphatic rings. The summed E-state index contributed by atoms with van der Waals surface area (Å²) in [4.78, 5) is 0. The van der Waals surface area contributed by atoms with Crippen molar-refractivity contribution in [2.45, 2.75) is 26.7 Å². The summed E-state index contributed by atoms with van der Waals surface area (Å²) in [6.45, 7) is 4.52. The molecule has 0 fully saturated rings. The highest BCUT2D eigenvalue weighted by Crippen LogP contribution is 2.48. The van der Waals surface area contributed by atoms with E-state index in [1.165, 1.54) is 122 Å². The van der Waals surface area contributed by atoms with Gasteiger partial charge in [0.1, 0.15) is 0 Å². The van der Waals surface area contributed by atoms with Crippen molar-refractivity contribution in [1.82, 2.24) is 18.3 Å². The molecule has 4 heteroatoms. The third kappa shape index (κ3) is 5.23. The minimum atomic E-state index is 0.992. The number of rotatable bonds is 6. The van der Waals surface area contributed by atoms with Crippen LogP contribution in [0.3, 0.4) is 0 Å². The molecule has 8 aromatic carbocycles. The summed E-state index contributed by atoms with van der Waals surface area (Å²) in [6.07, 6.45) is 6.67. The third-order valence-corrected chi connectivity index (χ3v) is 13.9. The van der Waals surface area contributed by atoms with Crippen LogP contribution in [0.2, 0.25) is 0 Å². The molecule has 0 saturated heterocycles. The number of aromatic nitrogens is 4. The largest absolute Gasteiger partial charge is 0.313 e. The van der Waals surface area contributed by atoms with Gasteiger partial charge in [0.25, 0.3) is 0 Å². The van der Waals surface area contributed by atoms with Crippen LogP contribution in [-0.2, 0) is 12.8 Å². The quantitative estimate of drug-likeness (QED) is 0.159. The minimum Gasteiger partial charge on any atom is -0.313 e. The highest BCUT2D eigenvalue weighted by molar-refractivity contribution is 6.06. The Hall–Kier alpha value is -8.08. The highest BCUT2D eigenvalue weighted by atomic mass is 15.1. The number of aryl methyl sites for hydroxylation is 2. The molecule has 12 aromatic rings. The molecular formula is C60H44N4. The van der Waals surface area contributed by atoms with Crippen LogP contribution in [0.1, 0.15) is 33.6 Å². The number of nitrogens with zero attached hydrogens (tertiary/aromatic N) is 4. The molecule has 4 aromatic heterocycles. The maximum absolute atomic E-state index is 2.58. The third-order valence-electron chi connectivity index (χ3n) is 13.9. The van der Waals surface area contributed by atoms with Gasteiger partial charge in [-0.25, -0.2) is 0 Å². The molecule has 0 radical (unpaired) electrons. The summed E-state index contributed by atoms with van der Waals surface area (Å²) in [7, 11) is 0. The molecule has 1 aliphatic carbocycles. The second kappa shape index (κ2) is 14.2. The lowest BCUT2D eigenvalue weighted by molar-refractivity contribution is 0.922. The van der Waals surface area contributed by atoms with E-state index in [9.17, 15) is 0 Å². The molecule has 64 heavy (non-hydrogen) atoms. The normalized spacial score (nSPS) is 12.7. The Labute approximate surface area is 371 Å². The SMILES string of the molecule is Cc1c(/C=C\c2c(C)n(-c3cccc4c(-n5c6c(c7ccccc75)CCc5c-6n(-c6ccccc6)c6ccccc56)cccc34)c3ccccc23)c2ccccc2n1-c1ccccc1. The molecule has 13 rings (SSSR count). The number of fused-ring (bicyclic) bond motifs is 10. The van der Waals surface area contributed by atoms with Crippen molar-refractivity contribution in [3.8, 4) is 34.1 Å². The van der Waals surface area contributed by atoms with Crippen molar-refractivity contribution in [3.05, 3.63) is 228 Å². The van der Waals surface area contributed by atoms with Crippen LogP contribution < -0.4 is 0 Å². The van der Waals surface area contributed by atoms with Gasteiger partial charge in [0.2, 0.25) is 0 Å². The maximum Gasteiger partial charge on any atom is 0.0745 e. The van der Waals surface area contributed by atoms with Crippen molar-refractivity contribution in [1.29, 1.82) is 0 Å². The van der Waals surface area contributed by atoms with E-state index in [0.717, 1.165) is 12.8 Å². The summed E-state index contributed by atoms with van der Waals surface area (Å²) in [5.74, 6) is 0. The zero-order valence-corrected chi connectivity index (χ0v) is 35.8. The number of para-hydroxylation sites is 6. The molecule has 0 aliphatic heterocycles. The van der Waals surface area contributed by atoms with Gasteiger partial charge in [-0.2, -0.15) is 0 Å². The molecule has 0 amide bonds. The van der Waals surface area contributed by atoms with Crippen molar-refractivity contribution in [2.75, 3.05) is 0 Å². The van der Waals surface area contributed by atoms with Crippen LogP contribution in [0.5, 0.6) is 0 Å². The van der Waals surface area contributed by atoms with Gasteiger partial charge < -0.3 is 18.3 Å². The van der Waals surface area contributed by atoms with Crippen LogP contribution in [0.15, 0.2) is 194 Å². The number of hydrogen-bond acceptors (Lipinski definition) is 0. The van der Waals surface area contributed by atoms with Crippen molar-refractivity contribution < 1.29 is 0 Å². The van der Waals surface area contributed by atoms with E-state index < -0.39 is 0 Å². The second-order valence-corrected chi connectivity index (χ2v) is 17.2. The highest BCUT2D eigenvalue weighted by Gasteiger charge is 2.31. The molecule has 0 bridgehead atoms. The average molecular weight is 821 g/mol. The summed E-state index contributed by atoms with van der Waals surface area (Å²) >= 11 is 0. The number of benzene rings is 8. The van der Waals surface area contributed by atoms with Gasteiger partial charge in [-0.05, 0) is 98.5 Å². The van der Waals surface area contributed by atoms with Crippen LogP contribution in [0.25, 0.3) is 101 Å². The lowest BCUT2D eigenvalue weighted by atomic mass is 9.92. The van der Waals surface area contributed by atoms with E-state index in [1.54, 1.807) is 0 Å². The molecule has 0 N–H and O–H groups in total. The molecule has 4 nitrogen and oxygen atoms in total. The first-order valence-corrected chi connectivity index (χ1v) is 22.4. The minimum absolute atomic E-state index is 0.992. The Balaban J connectivity index is 1.02. The zero-order chi connectivity index (χ0) is 42.5. The average Bonchev–Trinajstić information content (AvgIpc) is 4.05. The fourth-order valence-corrected chi connectivity index (χ4v) is 11.2. The monoisotopic (exact) mass is 820 g/mol. The first kappa shape index (κ1) is 36.6. The van der Waals surface area contributed by atoms with E-state index in [4.69, 9.17) is 0 Å². The van der Waals surface area contributed by atoms with Crippen LogP contribution in [-0.4, -0.2) is 18.3 Å². The second-order valence-electron chi connectivity index (χ2n) is 17.2. The standard InChI is InChI=1S/C60H44N4/c1-39-43(45-23-9-13-29-53(45)61(39)41-19-5-3-6-20-41)35-36-44-40(2)62(54-30-14-10-24-46(44)54)55-33-17-28-48-47(55)27-18-34-58(48)64-57-32-16-12-26-50(57)52-38-37-51-49-25-11-15-31-56(49)63(59(51)60(52)64)42-21-7-4-8-22-42/h3-36H,37-38H2,1-2H3/b36-35-. The molecular weight excluding hydrogens is 777 g/mol. The smallest absolute Gasteiger partial charge is 0.0745 e. The van der Waals surface area contributed by atoms with Gasteiger partial charge in [0, 0.05) is 66.2 Å². The van der Waals surface area contributed by atoms with Crippen molar-refractivity contribution in [3.63, 3.8) is 0 Å². The number of hydrogen-bond donors (Lipinski definition) is 0. The van der Waals surface area contributed by atoms with Crippen LogP contribution in [0, 0.1) is 13.8 Å². The summed E-state index contributed by atoms with van der Waals surface area (Å²) in [6, 6.07) is 71.0. The van der Waals surface area contributed by atoms with E-state index >= 15 is 0 Å². The first-order chi connectivity index (χ1) is 31.7. The predicted molar refractivity (Wildman–Crippen MR) is 269 cm³/mol. The lowest BCUT2D eigenvalue weighted by Crippen LogP contribution is -2.10. The topological polar surface area (TPSA) is 19.7 Å². The maximum atomic E-state index is 2.58. The molecule has 0 saturated carbocycles. The van der Waals surface area contributed by atoms with Gasteiger partial charge in [0.15, 0.2) is 0 Å². The Kier molecular flexibility index (Phi) is 8.13. The fourth-order valence-electron chi connectivity index (χ4n) is 11.2. The van der Waals surface area contributed by atoms with E-state index in [0.29, 0.717) is 0 Å². The molecule has 4 heterocycles. The summed E-state index contributed by atoms with van der Waals surface area (Å²) in [5, 5.41) is 7.58. The Morgan fingerprint density at radius 1 is 0.312 bits per heavy atom. The molecule has 0 atom stereocenters. The molecule has 304 valence electrons. The van der Waals surface area contributed by atoms with Gasteiger partial charge >= 0.3 is 0 Å². The predicted octanol–water partition coefficient (Wildman–Crippen LogP) is 15.2. The van der Waals surface area contributed by atoms with E-state index in [-0.39, 0.29) is 0 Å². The van der Waals surface area contributed by atoms with E-state index in [2.05, 4.69) is 238 Å². The van der Waals surface area contributed by atoms with Crippen molar-refractivity contribution in [2.24, 2.45) is 0 Å². The van der Waals surface area contributed by atoms with Gasteiger partial charge in [-0.3, -0.25) is 0 Å². The molecule has 0 spiro atoms. The summed E-state index contributed by atoms with van der Waals surface area (Å²) in [5.41, 5.74) is 19.9. The van der Waals surface area contributed by atoms with Gasteiger partial charge in [-0.1, -0.05) is 146 Å². The van der Waals surface area contributed by atoms with Crippen molar-refractivity contribution >= 4 is 66.5 Å². The zero-order valence-electron chi connectivity index (χ0n) is 35.8. The van der Waals surface area contributed by atoms with Crippen LogP contribution >= 0.6 is 0 Å². The lowest BCUT2D eigenvalue weighted by Gasteiger charge is -2.22. The Morgan fingerprint density at radius 3 is 1.20 bits per heavy atom. The molecule has 0 unspecified atom stereocenters. The first-order valence-electron chi connectivity index (χ1n) is 22.4. The van der Waals surface area contributed by atoms with Gasteiger partial charge in [0.05, 0.1) is 44.8 Å².